The van der Waals surface area contributed by atoms with Crippen LogP contribution in [0.15, 0.2) is 77.7 Å². The lowest BCUT2D eigenvalue weighted by molar-refractivity contribution is -0.143. The molecule has 0 saturated heterocycles. The molecule has 1 aliphatic carbocycles. The van der Waals surface area contributed by atoms with Gasteiger partial charge in [-0.1, -0.05) is 67.6 Å². The number of fused-ring (bicyclic) bond motifs is 3. The van der Waals surface area contributed by atoms with Gasteiger partial charge in [0.25, 0.3) is 0 Å². The highest BCUT2D eigenvalue weighted by Gasteiger charge is 2.35. The average molecular weight is 516 g/mol. The van der Waals surface area contributed by atoms with Crippen molar-refractivity contribution in [2.75, 3.05) is 13.2 Å². The highest BCUT2D eigenvalue weighted by molar-refractivity contribution is 8.00. The molecule has 1 atom stereocenters. The Kier molecular flexibility index (Phi) is 7.59. The van der Waals surface area contributed by atoms with Crippen LogP contribution in [0.5, 0.6) is 0 Å². The molecular weight excluding hydrogens is 491 g/mol. The van der Waals surface area contributed by atoms with E-state index in [2.05, 4.69) is 0 Å². The van der Waals surface area contributed by atoms with E-state index in [9.17, 15) is 27.9 Å². The number of thioether (sulfide) groups is 1. The fraction of sp³-hybridized carbons (Fsp3) is 0.259. The van der Waals surface area contributed by atoms with Crippen LogP contribution in [-0.4, -0.2) is 40.7 Å². The third-order valence-electron chi connectivity index (χ3n) is 6.01. The van der Waals surface area contributed by atoms with Crippen molar-refractivity contribution < 1.29 is 32.6 Å². The van der Waals surface area contributed by atoms with Crippen molar-refractivity contribution in [2.45, 2.75) is 35.7 Å². The maximum Gasteiger partial charge on any atom is 0.446 e. The van der Waals surface area contributed by atoms with Crippen molar-refractivity contribution in [2.24, 2.45) is 0 Å². The van der Waals surface area contributed by atoms with Gasteiger partial charge in [-0.05, 0) is 58.1 Å². The summed E-state index contributed by atoms with van der Waals surface area (Å²) in [6, 6.07) is 19.3. The second-order valence-corrected chi connectivity index (χ2v) is 9.49. The fourth-order valence-corrected chi connectivity index (χ4v) is 5.09. The molecule has 0 aliphatic heterocycles. The zero-order valence-electron chi connectivity index (χ0n) is 19.4. The number of rotatable bonds is 8. The van der Waals surface area contributed by atoms with E-state index in [-0.39, 0.29) is 41.3 Å². The van der Waals surface area contributed by atoms with Crippen LogP contribution < -0.4 is 0 Å². The molecular formula is C27H24F3NO4S. The standard InChI is InChI=1S/C27H24F3NO4S/c1-2-15-31(24(25(32)33)17-11-13-18(14-12-17)36-27(28,29)30)26(34)35-16-23-21-9-5-3-7-19(21)20-8-4-6-10-22(20)23/h3-14,23-24H,2,15-16H2,1H3,(H,32,33). The first-order valence-electron chi connectivity index (χ1n) is 11.4. The SMILES string of the molecule is CCCN(C(=O)OCC1c2ccccc2-c2ccccc21)C(C(=O)O)c1ccc(SC(F)(F)F)cc1. The Morgan fingerprint density at radius 1 is 0.972 bits per heavy atom. The van der Waals surface area contributed by atoms with E-state index in [1.165, 1.54) is 24.3 Å². The molecule has 188 valence electrons. The maximum atomic E-state index is 13.2. The Morgan fingerprint density at radius 2 is 1.53 bits per heavy atom. The second-order valence-electron chi connectivity index (χ2n) is 8.36. The normalized spacial score (nSPS) is 13.6. The minimum Gasteiger partial charge on any atom is -0.479 e. The summed E-state index contributed by atoms with van der Waals surface area (Å²) < 4.78 is 43.6. The van der Waals surface area contributed by atoms with Gasteiger partial charge in [0.2, 0.25) is 0 Å². The molecule has 0 fully saturated rings. The van der Waals surface area contributed by atoms with Crippen LogP contribution in [0.4, 0.5) is 18.0 Å². The number of alkyl halides is 3. The van der Waals surface area contributed by atoms with Crippen molar-refractivity contribution in [3.8, 4) is 11.1 Å². The number of benzene rings is 3. The predicted molar refractivity (Wildman–Crippen MR) is 131 cm³/mol. The van der Waals surface area contributed by atoms with Gasteiger partial charge in [0.1, 0.15) is 6.61 Å². The number of aliphatic carboxylic acids is 1. The number of carbonyl (C=O) groups is 2. The lowest BCUT2D eigenvalue weighted by Gasteiger charge is -2.29. The highest BCUT2D eigenvalue weighted by atomic mass is 32.2. The van der Waals surface area contributed by atoms with Crippen LogP contribution in [0.25, 0.3) is 11.1 Å². The van der Waals surface area contributed by atoms with Crippen molar-refractivity contribution in [1.82, 2.24) is 4.90 Å². The van der Waals surface area contributed by atoms with Crippen LogP contribution in [0.1, 0.15) is 42.0 Å². The van der Waals surface area contributed by atoms with E-state index >= 15 is 0 Å². The van der Waals surface area contributed by atoms with Crippen LogP contribution >= 0.6 is 11.8 Å². The van der Waals surface area contributed by atoms with Gasteiger partial charge in [0.05, 0.1) is 0 Å². The Balaban J connectivity index is 1.54. The van der Waals surface area contributed by atoms with Gasteiger partial charge in [-0.25, -0.2) is 9.59 Å². The van der Waals surface area contributed by atoms with Gasteiger partial charge in [-0.3, -0.25) is 4.90 Å². The number of carboxylic acid groups (broad SMARTS) is 1. The summed E-state index contributed by atoms with van der Waals surface area (Å²) in [4.78, 5) is 26.4. The Labute approximate surface area is 210 Å². The van der Waals surface area contributed by atoms with E-state index < -0.39 is 23.6 Å². The number of nitrogens with zero attached hydrogens (tertiary/aromatic N) is 1. The largest absolute Gasteiger partial charge is 0.479 e. The Hall–Kier alpha value is -3.46. The molecule has 4 rings (SSSR count). The van der Waals surface area contributed by atoms with Crippen molar-refractivity contribution in [3.05, 3.63) is 89.5 Å². The quantitative estimate of drug-likeness (QED) is 0.325. The first-order valence-corrected chi connectivity index (χ1v) is 12.2. The summed E-state index contributed by atoms with van der Waals surface area (Å²) >= 11 is -0.287. The second kappa shape index (κ2) is 10.7. The molecule has 0 aromatic heterocycles. The predicted octanol–water partition coefficient (Wildman–Crippen LogP) is 7.09. The lowest BCUT2D eigenvalue weighted by atomic mass is 9.98. The van der Waals surface area contributed by atoms with Crippen molar-refractivity contribution in [3.63, 3.8) is 0 Å². The molecule has 5 nitrogen and oxygen atoms in total. The number of carboxylic acids is 1. The number of hydrogen-bond acceptors (Lipinski definition) is 4. The fourth-order valence-electron chi connectivity index (χ4n) is 4.55. The molecule has 0 bridgehead atoms. The van der Waals surface area contributed by atoms with E-state index in [0.29, 0.717) is 6.42 Å². The maximum absolute atomic E-state index is 13.2. The van der Waals surface area contributed by atoms with E-state index in [1.54, 1.807) is 6.92 Å². The van der Waals surface area contributed by atoms with Gasteiger partial charge in [0.15, 0.2) is 6.04 Å². The van der Waals surface area contributed by atoms with E-state index in [0.717, 1.165) is 27.2 Å². The van der Waals surface area contributed by atoms with E-state index in [4.69, 9.17) is 4.74 Å². The number of ether oxygens (including phenoxy) is 1. The average Bonchev–Trinajstić information content (AvgIpc) is 3.16. The first-order chi connectivity index (χ1) is 17.2. The molecule has 0 spiro atoms. The third-order valence-corrected chi connectivity index (χ3v) is 6.75. The van der Waals surface area contributed by atoms with Gasteiger partial charge in [-0.15, -0.1) is 0 Å². The summed E-state index contributed by atoms with van der Waals surface area (Å²) in [7, 11) is 0. The zero-order valence-corrected chi connectivity index (χ0v) is 20.2. The lowest BCUT2D eigenvalue weighted by Crippen LogP contribution is -2.40. The van der Waals surface area contributed by atoms with Crippen LogP contribution in [-0.2, 0) is 9.53 Å². The molecule has 1 amide bonds. The van der Waals surface area contributed by atoms with Crippen LogP contribution in [0.3, 0.4) is 0 Å². The summed E-state index contributed by atoms with van der Waals surface area (Å²) in [6.45, 7) is 1.93. The number of hydrogen-bond donors (Lipinski definition) is 1. The minimum absolute atomic E-state index is 0.0283. The van der Waals surface area contributed by atoms with Crippen molar-refractivity contribution >= 4 is 23.8 Å². The van der Waals surface area contributed by atoms with Crippen LogP contribution in [0.2, 0.25) is 0 Å². The Bertz CT molecular complexity index is 1200. The summed E-state index contributed by atoms with van der Waals surface area (Å²) in [5, 5.41) is 9.93. The molecule has 9 heteroatoms. The molecule has 36 heavy (non-hydrogen) atoms. The first kappa shape index (κ1) is 25.6. The summed E-state index contributed by atoms with van der Waals surface area (Å²) in [5.41, 5.74) is -0.0683. The van der Waals surface area contributed by atoms with Crippen LogP contribution in [0, 0.1) is 0 Å². The highest BCUT2D eigenvalue weighted by Crippen LogP contribution is 2.44. The number of carbonyl (C=O) groups excluding carboxylic acids is 1. The summed E-state index contributed by atoms with van der Waals surface area (Å²) in [5.74, 6) is -1.49. The smallest absolute Gasteiger partial charge is 0.446 e. The third kappa shape index (κ3) is 5.51. The van der Waals surface area contributed by atoms with Gasteiger partial charge >= 0.3 is 17.6 Å². The van der Waals surface area contributed by atoms with E-state index in [1.807, 2.05) is 48.5 Å². The molecule has 1 N–H and O–H groups in total. The molecule has 0 saturated carbocycles. The summed E-state index contributed by atoms with van der Waals surface area (Å²) in [6.07, 6.45) is -0.324. The van der Waals surface area contributed by atoms with Gasteiger partial charge in [0, 0.05) is 17.4 Å². The molecule has 1 unspecified atom stereocenters. The molecule has 0 radical (unpaired) electrons. The topological polar surface area (TPSA) is 66.8 Å². The molecule has 3 aromatic rings. The monoisotopic (exact) mass is 515 g/mol. The number of halogens is 3. The minimum atomic E-state index is -4.46. The zero-order chi connectivity index (χ0) is 25.9. The number of amides is 1. The molecule has 0 heterocycles. The molecule has 1 aliphatic rings. The van der Waals surface area contributed by atoms with Gasteiger partial charge in [-0.2, -0.15) is 13.2 Å². The molecule has 3 aromatic carbocycles. The Morgan fingerprint density at radius 3 is 2.03 bits per heavy atom. The van der Waals surface area contributed by atoms with Crippen molar-refractivity contribution in [1.29, 1.82) is 0 Å². The van der Waals surface area contributed by atoms with Gasteiger partial charge < -0.3 is 9.84 Å².